The number of likely N-dealkylation sites (tertiary alicyclic amines) is 1. The van der Waals surface area contributed by atoms with Gasteiger partial charge in [0.1, 0.15) is 11.7 Å². The maximum atomic E-state index is 15.8. The van der Waals surface area contributed by atoms with Crippen LogP contribution in [0.25, 0.3) is 11.1 Å². The largest absolute Gasteiger partial charge is 0.480 e. The van der Waals surface area contributed by atoms with Crippen molar-refractivity contribution in [2.75, 3.05) is 18.4 Å². The number of carboxylic acids is 1. The summed E-state index contributed by atoms with van der Waals surface area (Å²) in [6.45, 7) is 2.61. The molecule has 9 nitrogen and oxygen atoms in total. The Hall–Kier alpha value is -4.03. The number of ketones is 1. The van der Waals surface area contributed by atoms with E-state index in [1.54, 1.807) is 48.7 Å². The van der Waals surface area contributed by atoms with E-state index in [4.69, 9.17) is 11.6 Å². The minimum atomic E-state index is -0.823. The fraction of sp³-hybridized carbons (Fsp3) is 0.303. The summed E-state index contributed by atoms with van der Waals surface area (Å²) in [5.74, 6) is -2.20. The van der Waals surface area contributed by atoms with Crippen molar-refractivity contribution < 1.29 is 23.9 Å². The van der Waals surface area contributed by atoms with E-state index in [2.05, 4.69) is 20.6 Å². The van der Waals surface area contributed by atoms with Crippen LogP contribution in [0, 0.1) is 5.82 Å². The molecule has 2 aromatic heterocycles. The van der Waals surface area contributed by atoms with Crippen molar-refractivity contribution in [2.45, 2.75) is 51.2 Å². The van der Waals surface area contributed by atoms with Gasteiger partial charge in [-0.3, -0.25) is 24.3 Å². The van der Waals surface area contributed by atoms with Gasteiger partial charge >= 0.3 is 5.97 Å². The maximum absolute atomic E-state index is 15.8. The Morgan fingerprint density at radius 2 is 1.93 bits per heavy atom. The quantitative estimate of drug-likeness (QED) is 0.196. The fourth-order valence-corrected chi connectivity index (χ4v) is 7.07. The van der Waals surface area contributed by atoms with Crippen LogP contribution in [-0.2, 0) is 30.7 Å². The smallest absolute Gasteiger partial charge is 0.320 e. The first-order valence-electron chi connectivity index (χ1n) is 14.8. The second-order valence-corrected chi connectivity index (χ2v) is 12.6. The van der Waals surface area contributed by atoms with Crippen molar-refractivity contribution in [1.82, 2.24) is 20.2 Å². The molecule has 232 valence electrons. The van der Waals surface area contributed by atoms with Crippen LogP contribution in [0.2, 0.25) is 5.02 Å². The number of aromatic nitrogens is 2. The highest BCUT2D eigenvalue weighted by Gasteiger charge is 2.28. The molecule has 2 aliphatic heterocycles. The minimum absolute atomic E-state index is 0.00450. The lowest BCUT2D eigenvalue weighted by molar-refractivity contribution is -0.144. The summed E-state index contributed by atoms with van der Waals surface area (Å²) in [5.41, 5.74) is 3.08. The van der Waals surface area contributed by atoms with Crippen LogP contribution in [0.5, 0.6) is 0 Å². The van der Waals surface area contributed by atoms with Crippen molar-refractivity contribution in [2.24, 2.45) is 0 Å². The third-order valence-corrected chi connectivity index (χ3v) is 9.70. The highest BCUT2D eigenvalue weighted by atomic mass is 35.5. The van der Waals surface area contributed by atoms with E-state index in [-0.39, 0.29) is 39.2 Å². The van der Waals surface area contributed by atoms with Crippen molar-refractivity contribution >= 4 is 46.3 Å². The van der Waals surface area contributed by atoms with Gasteiger partial charge in [-0.05, 0) is 42.6 Å². The van der Waals surface area contributed by atoms with E-state index in [0.29, 0.717) is 37.2 Å². The highest BCUT2D eigenvalue weighted by Crippen LogP contribution is 2.35. The molecule has 0 bridgehead atoms. The van der Waals surface area contributed by atoms with Crippen molar-refractivity contribution in [3.8, 4) is 11.1 Å². The summed E-state index contributed by atoms with van der Waals surface area (Å²) in [6, 6.07) is 12.7. The number of thiazole rings is 1. The number of Topliss-reactive ketones (excluding diaryl/α,β-unsaturated/α-hetero) is 1. The molecule has 1 fully saturated rings. The summed E-state index contributed by atoms with van der Waals surface area (Å²) in [5, 5.41) is 16.0. The molecular weight excluding hydrogens is 617 g/mol. The molecule has 12 heteroatoms. The molecule has 1 atom stereocenters. The monoisotopic (exact) mass is 647 g/mol. The van der Waals surface area contributed by atoms with Gasteiger partial charge in [0.05, 0.1) is 16.4 Å². The predicted molar refractivity (Wildman–Crippen MR) is 170 cm³/mol. The van der Waals surface area contributed by atoms with Gasteiger partial charge in [0.15, 0.2) is 16.6 Å². The number of halogens is 2. The fourth-order valence-electron chi connectivity index (χ4n) is 5.80. The molecule has 4 aromatic rings. The van der Waals surface area contributed by atoms with Gasteiger partial charge in [0.25, 0.3) is 5.91 Å². The maximum Gasteiger partial charge on any atom is 0.320 e. The normalized spacial score (nSPS) is 16.6. The number of carbonyl (C=O) groups excluding carboxylic acids is 2. The number of fused-ring (bicyclic) bond motifs is 1. The molecule has 6 rings (SSSR count). The summed E-state index contributed by atoms with van der Waals surface area (Å²) < 4.78 is 15.8. The average Bonchev–Trinajstić information content (AvgIpc) is 3.49. The Kier molecular flexibility index (Phi) is 9.32. The summed E-state index contributed by atoms with van der Waals surface area (Å²) in [6.07, 6.45) is 4.76. The van der Waals surface area contributed by atoms with E-state index in [1.807, 2.05) is 4.90 Å². The van der Waals surface area contributed by atoms with Crippen LogP contribution >= 0.6 is 22.9 Å². The number of anilines is 1. The molecule has 0 radical (unpaired) electrons. The Labute approximate surface area is 268 Å². The summed E-state index contributed by atoms with van der Waals surface area (Å²) >= 11 is 8.03. The lowest BCUT2D eigenvalue weighted by atomic mass is 9.98. The van der Waals surface area contributed by atoms with E-state index in [9.17, 15) is 19.5 Å². The lowest BCUT2D eigenvalue weighted by Crippen LogP contribution is -2.44. The highest BCUT2D eigenvalue weighted by molar-refractivity contribution is 7.13. The first-order valence-corrected chi connectivity index (χ1v) is 16.0. The Morgan fingerprint density at radius 1 is 1.11 bits per heavy atom. The number of carbonyl (C=O) groups is 3. The van der Waals surface area contributed by atoms with Gasteiger partial charge in [-0.2, -0.15) is 0 Å². The van der Waals surface area contributed by atoms with Gasteiger partial charge in [0, 0.05) is 54.7 Å². The molecule has 0 aliphatic carbocycles. The number of hydrogen-bond acceptors (Lipinski definition) is 8. The number of nitrogens with zero attached hydrogens (tertiary/aromatic N) is 3. The third kappa shape index (κ3) is 6.81. The number of aliphatic carboxylic acids is 1. The summed E-state index contributed by atoms with van der Waals surface area (Å²) in [4.78, 5) is 49.4. The van der Waals surface area contributed by atoms with Crippen LogP contribution in [0.3, 0.4) is 0 Å². The number of nitrogens with one attached hydrogen (secondary N) is 2. The first-order chi connectivity index (χ1) is 21.8. The SMILES string of the molecule is O=C(Cc1cccc(-c2cccc(NC(=O)c3nc4c(s3)CNCC4)c2F)c1Cl)c1ccc(CN2CCCC[C@H]2C(=O)O)cn1. The second kappa shape index (κ2) is 13.5. The molecule has 1 saturated heterocycles. The Morgan fingerprint density at radius 3 is 2.71 bits per heavy atom. The molecule has 2 aliphatic rings. The molecule has 0 spiro atoms. The number of benzene rings is 2. The van der Waals surface area contributed by atoms with E-state index >= 15 is 4.39 Å². The average molecular weight is 648 g/mol. The number of carboxylic acid groups (broad SMARTS) is 1. The van der Waals surface area contributed by atoms with Gasteiger partial charge in [-0.1, -0.05) is 54.4 Å². The third-order valence-electron chi connectivity index (χ3n) is 8.16. The lowest BCUT2D eigenvalue weighted by Gasteiger charge is -2.32. The van der Waals surface area contributed by atoms with Crippen molar-refractivity contribution in [3.05, 3.63) is 98.0 Å². The Balaban J connectivity index is 1.15. The van der Waals surface area contributed by atoms with E-state index < -0.39 is 23.7 Å². The van der Waals surface area contributed by atoms with E-state index in [1.165, 1.54) is 17.4 Å². The van der Waals surface area contributed by atoms with Gasteiger partial charge in [-0.25, -0.2) is 9.37 Å². The molecule has 2 aromatic carbocycles. The molecular formula is C33H31ClFN5O4S. The number of rotatable bonds is 9. The van der Waals surface area contributed by atoms with Crippen molar-refractivity contribution in [1.29, 1.82) is 0 Å². The van der Waals surface area contributed by atoms with Gasteiger partial charge in [0.2, 0.25) is 0 Å². The summed E-state index contributed by atoms with van der Waals surface area (Å²) in [7, 11) is 0. The molecule has 0 saturated carbocycles. The predicted octanol–water partition coefficient (Wildman–Crippen LogP) is 5.76. The zero-order chi connectivity index (χ0) is 31.5. The van der Waals surface area contributed by atoms with E-state index in [0.717, 1.165) is 41.9 Å². The van der Waals surface area contributed by atoms with Crippen LogP contribution in [0.1, 0.15) is 61.3 Å². The molecule has 1 amide bonds. The van der Waals surface area contributed by atoms with Gasteiger partial charge in [-0.15, -0.1) is 11.3 Å². The number of hydrogen-bond donors (Lipinski definition) is 3. The topological polar surface area (TPSA) is 125 Å². The molecule has 4 heterocycles. The number of amides is 1. The molecule has 0 unspecified atom stereocenters. The van der Waals surface area contributed by atoms with Gasteiger partial charge < -0.3 is 15.7 Å². The zero-order valence-electron chi connectivity index (χ0n) is 24.3. The molecule has 45 heavy (non-hydrogen) atoms. The van der Waals surface area contributed by atoms with Crippen LogP contribution in [0.15, 0.2) is 54.7 Å². The standard InChI is InChI=1S/C33H31ClFN5O4S/c34-29-20(15-27(41)23-11-10-19(16-37-23)18-40-14-2-1-9-26(40)33(43)44)5-3-6-21(29)22-7-4-8-25(30(22)35)38-31(42)32-39-24-12-13-36-17-28(24)45-32/h3-8,10-11,16,26,36H,1-2,9,12-15,17-18H2,(H,38,42)(H,43,44)/t26-/m0/s1. The van der Waals surface area contributed by atoms with Crippen LogP contribution in [-0.4, -0.2) is 56.8 Å². The zero-order valence-corrected chi connectivity index (χ0v) is 25.9. The second-order valence-electron chi connectivity index (χ2n) is 11.2. The first kappa shape index (κ1) is 31.0. The number of piperidine rings is 1. The molecule has 3 N–H and O–H groups in total. The van der Waals surface area contributed by atoms with Crippen molar-refractivity contribution in [3.63, 3.8) is 0 Å². The number of pyridine rings is 1. The Bertz CT molecular complexity index is 1740. The minimum Gasteiger partial charge on any atom is -0.480 e. The van der Waals surface area contributed by atoms with Crippen LogP contribution < -0.4 is 10.6 Å². The van der Waals surface area contributed by atoms with Crippen LogP contribution in [0.4, 0.5) is 10.1 Å².